The van der Waals surface area contributed by atoms with Crippen LogP contribution in [0.15, 0.2) is 0 Å². The SMILES string of the molecule is CCCC(CCBr)CNC(=O)C1CCS(=O)(=O)C1. The number of sulfone groups is 1. The lowest BCUT2D eigenvalue weighted by atomic mass is 10.0. The van der Waals surface area contributed by atoms with Gasteiger partial charge in [0.25, 0.3) is 0 Å². The summed E-state index contributed by atoms with van der Waals surface area (Å²) in [5.74, 6) is 0.241. The number of hydrogen-bond acceptors (Lipinski definition) is 3. The predicted molar refractivity (Wildman–Crippen MR) is 76.6 cm³/mol. The van der Waals surface area contributed by atoms with Gasteiger partial charge in [-0.2, -0.15) is 0 Å². The number of carbonyl (C=O) groups excluding carboxylic acids is 1. The quantitative estimate of drug-likeness (QED) is 0.718. The van der Waals surface area contributed by atoms with Crippen LogP contribution in [0.3, 0.4) is 0 Å². The van der Waals surface area contributed by atoms with E-state index >= 15 is 0 Å². The van der Waals surface area contributed by atoms with E-state index in [4.69, 9.17) is 0 Å². The first-order valence-corrected chi connectivity index (χ1v) is 9.47. The van der Waals surface area contributed by atoms with Gasteiger partial charge in [0.1, 0.15) is 0 Å². The third-order valence-corrected chi connectivity index (χ3v) is 5.61. The van der Waals surface area contributed by atoms with Crippen molar-refractivity contribution in [2.45, 2.75) is 32.6 Å². The molecule has 0 aromatic carbocycles. The Labute approximate surface area is 118 Å². The van der Waals surface area contributed by atoms with Gasteiger partial charge in [-0.3, -0.25) is 4.79 Å². The number of halogens is 1. The third kappa shape index (κ3) is 5.26. The molecule has 2 atom stereocenters. The summed E-state index contributed by atoms with van der Waals surface area (Å²) < 4.78 is 22.6. The lowest BCUT2D eigenvalue weighted by molar-refractivity contribution is -0.124. The molecule has 1 rings (SSSR count). The van der Waals surface area contributed by atoms with Crippen molar-refractivity contribution in [3.8, 4) is 0 Å². The monoisotopic (exact) mass is 339 g/mol. The fraction of sp³-hybridized carbons (Fsp3) is 0.917. The van der Waals surface area contributed by atoms with E-state index in [1.807, 2.05) is 0 Å². The third-order valence-electron chi connectivity index (χ3n) is 3.38. The second kappa shape index (κ2) is 7.48. The molecule has 2 unspecified atom stereocenters. The molecule has 0 aromatic rings. The number of alkyl halides is 1. The van der Waals surface area contributed by atoms with Gasteiger partial charge < -0.3 is 5.32 Å². The van der Waals surface area contributed by atoms with Crippen LogP contribution in [0.4, 0.5) is 0 Å². The van der Waals surface area contributed by atoms with Crippen molar-refractivity contribution < 1.29 is 13.2 Å². The van der Waals surface area contributed by atoms with Crippen LogP contribution < -0.4 is 5.32 Å². The smallest absolute Gasteiger partial charge is 0.224 e. The number of amides is 1. The van der Waals surface area contributed by atoms with E-state index in [0.29, 0.717) is 18.9 Å². The maximum Gasteiger partial charge on any atom is 0.224 e. The van der Waals surface area contributed by atoms with Crippen LogP contribution in [0.1, 0.15) is 32.6 Å². The molecule has 1 heterocycles. The summed E-state index contributed by atoms with van der Waals surface area (Å²) in [4.78, 5) is 11.9. The van der Waals surface area contributed by atoms with Crippen LogP contribution >= 0.6 is 15.9 Å². The zero-order valence-electron chi connectivity index (χ0n) is 10.8. The largest absolute Gasteiger partial charge is 0.356 e. The summed E-state index contributed by atoms with van der Waals surface area (Å²) in [6.45, 7) is 2.79. The average Bonchev–Trinajstić information content (AvgIpc) is 2.67. The minimum atomic E-state index is -2.97. The Bertz CT molecular complexity index is 364. The Hall–Kier alpha value is -0.100. The molecule has 4 nitrogen and oxygen atoms in total. The molecule has 0 aliphatic carbocycles. The van der Waals surface area contributed by atoms with Gasteiger partial charge in [-0.25, -0.2) is 8.42 Å². The molecule has 0 spiro atoms. The molecule has 1 saturated heterocycles. The molecule has 106 valence electrons. The van der Waals surface area contributed by atoms with Gasteiger partial charge in [0.2, 0.25) is 5.91 Å². The molecule has 0 aromatic heterocycles. The van der Waals surface area contributed by atoms with E-state index in [1.165, 1.54) is 0 Å². The van der Waals surface area contributed by atoms with Gasteiger partial charge in [0, 0.05) is 11.9 Å². The Kier molecular flexibility index (Phi) is 6.63. The second-order valence-corrected chi connectivity index (χ2v) is 8.00. The summed E-state index contributed by atoms with van der Waals surface area (Å²) in [5, 5.41) is 3.84. The average molecular weight is 340 g/mol. The summed E-state index contributed by atoms with van der Waals surface area (Å²) >= 11 is 3.42. The van der Waals surface area contributed by atoms with E-state index in [0.717, 1.165) is 24.6 Å². The molecule has 18 heavy (non-hydrogen) atoms. The molecule has 1 amide bonds. The zero-order valence-corrected chi connectivity index (χ0v) is 13.2. The highest BCUT2D eigenvalue weighted by Gasteiger charge is 2.32. The molecule has 0 radical (unpaired) electrons. The molecular weight excluding hydrogens is 318 g/mol. The zero-order chi connectivity index (χ0) is 13.6. The molecule has 0 bridgehead atoms. The van der Waals surface area contributed by atoms with Crippen LogP contribution in [0.25, 0.3) is 0 Å². The number of hydrogen-bond donors (Lipinski definition) is 1. The Balaban J connectivity index is 2.36. The van der Waals surface area contributed by atoms with Crippen LogP contribution in [0.2, 0.25) is 0 Å². The molecule has 1 aliphatic heterocycles. The lowest BCUT2D eigenvalue weighted by Gasteiger charge is -2.17. The van der Waals surface area contributed by atoms with Gasteiger partial charge in [-0.15, -0.1) is 0 Å². The highest BCUT2D eigenvalue weighted by molar-refractivity contribution is 9.09. The number of rotatable bonds is 7. The first-order chi connectivity index (χ1) is 8.48. The molecule has 0 saturated carbocycles. The van der Waals surface area contributed by atoms with Crippen molar-refractivity contribution in [3.05, 3.63) is 0 Å². The van der Waals surface area contributed by atoms with Crippen LogP contribution in [-0.4, -0.2) is 37.7 Å². The number of carbonyl (C=O) groups is 1. The second-order valence-electron chi connectivity index (χ2n) is 4.98. The van der Waals surface area contributed by atoms with Crippen molar-refractivity contribution in [1.82, 2.24) is 5.32 Å². The Morgan fingerprint density at radius 1 is 1.44 bits per heavy atom. The summed E-state index contributed by atoms with van der Waals surface area (Å²) in [7, 11) is -2.97. The highest BCUT2D eigenvalue weighted by Crippen LogP contribution is 2.19. The molecular formula is C12H22BrNO3S. The fourth-order valence-corrected chi connectivity index (χ4v) is 4.69. The molecule has 1 N–H and O–H groups in total. The summed E-state index contributed by atoms with van der Waals surface area (Å²) in [6, 6.07) is 0. The Morgan fingerprint density at radius 3 is 2.67 bits per heavy atom. The van der Waals surface area contributed by atoms with Gasteiger partial charge in [-0.1, -0.05) is 29.3 Å². The molecule has 1 fully saturated rings. The van der Waals surface area contributed by atoms with Crippen LogP contribution in [-0.2, 0) is 14.6 Å². The van der Waals surface area contributed by atoms with Crippen LogP contribution in [0.5, 0.6) is 0 Å². The minimum absolute atomic E-state index is 0.0235. The van der Waals surface area contributed by atoms with Gasteiger partial charge >= 0.3 is 0 Å². The minimum Gasteiger partial charge on any atom is -0.356 e. The lowest BCUT2D eigenvalue weighted by Crippen LogP contribution is -2.35. The number of nitrogens with one attached hydrogen (secondary N) is 1. The van der Waals surface area contributed by atoms with Crippen molar-refractivity contribution in [2.75, 3.05) is 23.4 Å². The van der Waals surface area contributed by atoms with Crippen LogP contribution in [0, 0.1) is 11.8 Å². The fourth-order valence-electron chi connectivity index (χ4n) is 2.30. The summed E-state index contributed by atoms with van der Waals surface area (Å²) in [6.07, 6.45) is 3.71. The maximum absolute atomic E-state index is 11.9. The van der Waals surface area contributed by atoms with Crippen molar-refractivity contribution in [1.29, 1.82) is 0 Å². The van der Waals surface area contributed by atoms with Crippen molar-refractivity contribution >= 4 is 31.7 Å². The van der Waals surface area contributed by atoms with Crippen molar-refractivity contribution in [2.24, 2.45) is 11.8 Å². The normalized spacial score (nSPS) is 23.8. The van der Waals surface area contributed by atoms with Crippen molar-refractivity contribution in [3.63, 3.8) is 0 Å². The maximum atomic E-state index is 11.9. The van der Waals surface area contributed by atoms with Gasteiger partial charge in [0.05, 0.1) is 17.4 Å². The molecule has 6 heteroatoms. The first-order valence-electron chi connectivity index (χ1n) is 6.52. The van der Waals surface area contributed by atoms with Gasteiger partial charge in [-0.05, 0) is 25.2 Å². The summed E-state index contributed by atoms with van der Waals surface area (Å²) in [5.41, 5.74) is 0. The topological polar surface area (TPSA) is 63.2 Å². The standard InChI is InChI=1S/C12H22BrNO3S/c1-2-3-10(4-6-13)8-14-12(15)11-5-7-18(16,17)9-11/h10-11H,2-9H2,1H3,(H,14,15). The molecule has 1 aliphatic rings. The Morgan fingerprint density at radius 2 is 2.17 bits per heavy atom. The van der Waals surface area contributed by atoms with E-state index in [9.17, 15) is 13.2 Å². The van der Waals surface area contributed by atoms with Gasteiger partial charge in [0.15, 0.2) is 9.84 Å². The highest BCUT2D eigenvalue weighted by atomic mass is 79.9. The van der Waals surface area contributed by atoms with E-state index in [1.54, 1.807) is 0 Å². The van der Waals surface area contributed by atoms with E-state index < -0.39 is 9.84 Å². The van der Waals surface area contributed by atoms with E-state index in [2.05, 4.69) is 28.2 Å². The van der Waals surface area contributed by atoms with E-state index in [-0.39, 0.29) is 23.3 Å². The first kappa shape index (κ1) is 16.0. The predicted octanol–water partition coefficient (Wildman–Crippen LogP) is 1.74.